The van der Waals surface area contributed by atoms with Crippen LogP contribution in [0.5, 0.6) is 0 Å². The molecule has 9 heteroatoms. The van der Waals surface area contributed by atoms with E-state index in [2.05, 4.69) is 33.2 Å². The van der Waals surface area contributed by atoms with Gasteiger partial charge in [0.25, 0.3) is 0 Å². The number of H-pyrrole nitrogens is 1. The molecule has 0 aliphatic rings. The number of aromatic nitrogens is 7. The Bertz CT molecular complexity index is 1130. The van der Waals surface area contributed by atoms with Crippen molar-refractivity contribution in [3.8, 4) is 22.9 Å². The Kier molecular flexibility index (Phi) is 7.40. The number of nitrogens with zero attached hydrogens (tertiary/aromatic N) is 6. The van der Waals surface area contributed by atoms with Crippen LogP contribution in [-0.4, -0.2) is 34.7 Å². The van der Waals surface area contributed by atoms with E-state index in [4.69, 9.17) is 10.7 Å². The second kappa shape index (κ2) is 9.39. The van der Waals surface area contributed by atoms with E-state index < -0.39 is 0 Å². The Morgan fingerprint density at radius 1 is 1.31 bits per heavy atom. The minimum atomic E-state index is 0. The van der Waals surface area contributed by atoms with E-state index in [0.29, 0.717) is 17.3 Å². The normalized spacial score (nSPS) is 10.4. The van der Waals surface area contributed by atoms with E-state index in [9.17, 15) is 0 Å². The van der Waals surface area contributed by atoms with Crippen LogP contribution in [0.3, 0.4) is 0 Å². The summed E-state index contributed by atoms with van der Waals surface area (Å²) in [5.74, 6) is 1.23. The van der Waals surface area contributed by atoms with Crippen LogP contribution in [-0.2, 0) is 13.6 Å². The summed E-state index contributed by atoms with van der Waals surface area (Å²) in [6.45, 7) is 12.5. The second-order valence-electron chi connectivity index (χ2n) is 6.16. The van der Waals surface area contributed by atoms with Crippen molar-refractivity contribution in [3.05, 3.63) is 42.2 Å². The van der Waals surface area contributed by atoms with Gasteiger partial charge in [0.15, 0.2) is 5.82 Å². The summed E-state index contributed by atoms with van der Waals surface area (Å²) in [4.78, 5) is 4.70. The standard InChI is InChI=1S/C18H19N8.C2H6.Na/c1-5-26-16(10(2)8-21-26)18-22-17(23-24-18)13-6-12(11(3)19)7-15-14(13)9-20-25(15)4;1-2;/h6-7,9H,3,5,19H2,1-2,4H3,(H,22,23,24);1-2H3;/q-1;;+1. The quantitative estimate of drug-likeness (QED) is 0.379. The summed E-state index contributed by atoms with van der Waals surface area (Å²) in [6, 6.07) is 3.91. The van der Waals surface area contributed by atoms with Crippen molar-refractivity contribution in [2.24, 2.45) is 12.8 Å². The van der Waals surface area contributed by atoms with Crippen molar-refractivity contribution >= 4 is 16.6 Å². The third-order valence-electron chi connectivity index (χ3n) is 4.44. The predicted octanol–water partition coefficient (Wildman–Crippen LogP) is 0.310. The third kappa shape index (κ3) is 4.14. The summed E-state index contributed by atoms with van der Waals surface area (Å²) in [6.07, 6.45) is 4.78. The van der Waals surface area contributed by atoms with Crippen molar-refractivity contribution in [2.45, 2.75) is 34.2 Å². The Labute approximate surface area is 192 Å². The van der Waals surface area contributed by atoms with Gasteiger partial charge in [-0.05, 0) is 30.3 Å². The van der Waals surface area contributed by atoms with Crippen LogP contribution < -0.4 is 35.3 Å². The van der Waals surface area contributed by atoms with E-state index in [1.165, 1.54) is 0 Å². The van der Waals surface area contributed by atoms with Gasteiger partial charge in [0.05, 0.1) is 17.5 Å². The van der Waals surface area contributed by atoms with Crippen LogP contribution in [0.15, 0.2) is 24.9 Å². The zero-order valence-electron chi connectivity index (χ0n) is 17.9. The zero-order valence-corrected chi connectivity index (χ0v) is 19.9. The SMILES string of the molecule is C=C(N)c1cc(-c2n[nH]c(-c3c(C)[c-]nn3CC)n2)c2cnn(C)c2c1.CC.[Na+]. The number of aryl methyl sites for hydroxylation is 3. The molecule has 4 rings (SSSR count). The summed E-state index contributed by atoms with van der Waals surface area (Å²) in [5.41, 5.74) is 10.8. The molecule has 4 aromatic rings. The fraction of sp³-hybridized carbons (Fsp3) is 0.300. The summed E-state index contributed by atoms with van der Waals surface area (Å²) < 4.78 is 3.64. The summed E-state index contributed by atoms with van der Waals surface area (Å²) >= 11 is 0. The Morgan fingerprint density at radius 2 is 2.03 bits per heavy atom. The first kappa shape index (κ1) is 22.9. The topological polar surface area (TPSA) is 103 Å². The van der Waals surface area contributed by atoms with Crippen LogP contribution in [0.4, 0.5) is 0 Å². The van der Waals surface area contributed by atoms with E-state index in [0.717, 1.165) is 39.8 Å². The number of nitrogens with one attached hydrogen (secondary N) is 1. The van der Waals surface area contributed by atoms with Crippen LogP contribution in [0.25, 0.3) is 39.5 Å². The van der Waals surface area contributed by atoms with E-state index >= 15 is 0 Å². The molecule has 3 N–H and O–H groups in total. The average Bonchev–Trinajstić information content (AvgIpc) is 3.41. The van der Waals surface area contributed by atoms with Crippen LogP contribution >= 0.6 is 0 Å². The molecule has 0 fully saturated rings. The fourth-order valence-electron chi connectivity index (χ4n) is 3.07. The van der Waals surface area contributed by atoms with Crippen LogP contribution in [0.1, 0.15) is 31.9 Å². The van der Waals surface area contributed by atoms with Gasteiger partial charge in [-0.2, -0.15) is 15.8 Å². The first-order chi connectivity index (χ1) is 13.5. The number of nitrogens with two attached hydrogens (primary N) is 1. The van der Waals surface area contributed by atoms with Gasteiger partial charge in [0, 0.05) is 30.2 Å². The molecule has 0 spiro atoms. The van der Waals surface area contributed by atoms with Crippen molar-refractivity contribution in [1.82, 2.24) is 34.7 Å². The van der Waals surface area contributed by atoms with Crippen LogP contribution in [0.2, 0.25) is 0 Å². The number of aromatic amines is 1. The molecule has 146 valence electrons. The van der Waals surface area contributed by atoms with Crippen molar-refractivity contribution in [3.63, 3.8) is 0 Å². The molecular formula is C20H25N8Na. The maximum atomic E-state index is 5.92. The van der Waals surface area contributed by atoms with E-state index in [1.54, 1.807) is 10.9 Å². The summed E-state index contributed by atoms with van der Waals surface area (Å²) in [5, 5.41) is 17.0. The zero-order chi connectivity index (χ0) is 20.4. The van der Waals surface area contributed by atoms with E-state index in [-0.39, 0.29) is 29.6 Å². The second-order valence-corrected chi connectivity index (χ2v) is 6.16. The van der Waals surface area contributed by atoms with Crippen molar-refractivity contribution in [2.75, 3.05) is 0 Å². The van der Waals surface area contributed by atoms with E-state index in [1.807, 2.05) is 51.6 Å². The van der Waals surface area contributed by atoms with Gasteiger partial charge in [-0.3, -0.25) is 9.78 Å². The maximum Gasteiger partial charge on any atom is 1.00 e. The predicted molar refractivity (Wildman–Crippen MR) is 111 cm³/mol. The minimum absolute atomic E-state index is 0. The van der Waals surface area contributed by atoms with Crippen molar-refractivity contribution in [1.29, 1.82) is 0 Å². The molecule has 0 unspecified atom stereocenters. The first-order valence-corrected chi connectivity index (χ1v) is 9.28. The molecule has 0 atom stereocenters. The molecular weight excluding hydrogens is 375 g/mol. The largest absolute Gasteiger partial charge is 1.00 e. The summed E-state index contributed by atoms with van der Waals surface area (Å²) in [7, 11) is 1.89. The number of hydrogen-bond acceptors (Lipinski definition) is 5. The van der Waals surface area contributed by atoms with Gasteiger partial charge in [-0.15, -0.1) is 6.20 Å². The van der Waals surface area contributed by atoms with Gasteiger partial charge in [0.1, 0.15) is 0 Å². The first-order valence-electron chi connectivity index (χ1n) is 9.28. The molecule has 0 aliphatic carbocycles. The molecule has 3 aromatic heterocycles. The number of benzene rings is 1. The minimum Gasteiger partial charge on any atom is -0.399 e. The molecule has 0 saturated carbocycles. The molecule has 1 aromatic carbocycles. The molecule has 29 heavy (non-hydrogen) atoms. The van der Waals surface area contributed by atoms with Crippen molar-refractivity contribution < 1.29 is 29.6 Å². The average molecular weight is 400 g/mol. The molecule has 0 amide bonds. The molecule has 0 radical (unpaired) electrons. The molecule has 3 heterocycles. The van der Waals surface area contributed by atoms with Gasteiger partial charge >= 0.3 is 29.6 Å². The smallest absolute Gasteiger partial charge is 0.399 e. The van der Waals surface area contributed by atoms with Crippen LogP contribution in [0, 0.1) is 13.1 Å². The molecule has 0 bridgehead atoms. The van der Waals surface area contributed by atoms with Gasteiger partial charge in [-0.1, -0.05) is 27.4 Å². The fourth-order valence-corrected chi connectivity index (χ4v) is 3.07. The number of rotatable bonds is 4. The molecule has 8 nitrogen and oxygen atoms in total. The Balaban J connectivity index is 0.000000970. The number of hydrogen-bond donors (Lipinski definition) is 2. The van der Waals surface area contributed by atoms with Gasteiger partial charge in [-0.25, -0.2) is 4.98 Å². The Morgan fingerprint density at radius 3 is 2.69 bits per heavy atom. The monoisotopic (exact) mass is 400 g/mol. The number of fused-ring (bicyclic) bond motifs is 1. The van der Waals surface area contributed by atoms with Gasteiger partial charge < -0.3 is 15.5 Å². The van der Waals surface area contributed by atoms with Gasteiger partial charge in [0.2, 0.25) is 0 Å². The third-order valence-corrected chi connectivity index (χ3v) is 4.44. The maximum absolute atomic E-state index is 5.92. The Hall–Kier alpha value is -2.42. The molecule has 0 aliphatic heterocycles. The molecule has 0 saturated heterocycles.